The minimum atomic E-state index is 0.116. The number of anilines is 1. The van der Waals surface area contributed by atoms with Crippen molar-refractivity contribution >= 4 is 22.7 Å². The third-order valence-corrected chi connectivity index (χ3v) is 5.25. The summed E-state index contributed by atoms with van der Waals surface area (Å²) in [5.41, 5.74) is 9.24. The number of nitrogens with zero attached hydrogens (tertiary/aromatic N) is 3. The average molecular weight is 368 g/mol. The maximum atomic E-state index is 7.88. The summed E-state index contributed by atoms with van der Waals surface area (Å²) in [6, 6.07) is 8.58. The van der Waals surface area contributed by atoms with Crippen molar-refractivity contribution in [1.29, 1.82) is 5.41 Å². The van der Waals surface area contributed by atoms with Gasteiger partial charge in [-0.2, -0.15) is 0 Å². The first kappa shape index (κ1) is 19.5. The van der Waals surface area contributed by atoms with Gasteiger partial charge >= 0.3 is 0 Å². The highest BCUT2D eigenvalue weighted by Gasteiger charge is 2.27. The Hall–Kier alpha value is -2.30. The van der Waals surface area contributed by atoms with Crippen molar-refractivity contribution in [3.63, 3.8) is 0 Å². The summed E-state index contributed by atoms with van der Waals surface area (Å²) in [5, 5.41) is 9.04. The van der Waals surface area contributed by atoms with Crippen molar-refractivity contribution in [1.82, 2.24) is 9.88 Å². The number of aryl methyl sites for hydroxylation is 1. The summed E-state index contributed by atoms with van der Waals surface area (Å²) in [4.78, 5) is 9.51. The topological polar surface area (TPSA) is 69.2 Å². The molecule has 27 heavy (non-hydrogen) atoms. The molecule has 0 radical (unpaired) electrons. The lowest BCUT2D eigenvalue weighted by Crippen LogP contribution is -2.37. The van der Waals surface area contributed by atoms with Gasteiger partial charge in [0, 0.05) is 37.1 Å². The maximum absolute atomic E-state index is 7.88. The Balaban J connectivity index is 2.08. The second-order valence-corrected chi connectivity index (χ2v) is 8.26. The van der Waals surface area contributed by atoms with E-state index < -0.39 is 0 Å². The lowest BCUT2D eigenvalue weighted by Gasteiger charge is -2.30. The second kappa shape index (κ2) is 8.15. The number of nitrogens with one attached hydrogen (secondary N) is 1. The molecule has 1 aliphatic carbocycles. The van der Waals surface area contributed by atoms with E-state index in [0.29, 0.717) is 19.0 Å². The number of nitrogens with two attached hydrogens (primary N) is 1. The summed E-state index contributed by atoms with van der Waals surface area (Å²) in [6.07, 6.45) is 2.65. The van der Waals surface area contributed by atoms with Crippen LogP contribution in [-0.2, 0) is 6.54 Å². The van der Waals surface area contributed by atoms with Crippen molar-refractivity contribution in [3.8, 4) is 0 Å². The van der Waals surface area contributed by atoms with E-state index in [2.05, 4.69) is 49.9 Å². The van der Waals surface area contributed by atoms with E-state index in [1.165, 1.54) is 18.4 Å². The van der Waals surface area contributed by atoms with Crippen molar-refractivity contribution in [2.24, 2.45) is 17.6 Å². The van der Waals surface area contributed by atoms with Crippen molar-refractivity contribution in [3.05, 3.63) is 35.4 Å². The van der Waals surface area contributed by atoms with Gasteiger partial charge in [0.25, 0.3) is 0 Å². The summed E-state index contributed by atoms with van der Waals surface area (Å²) in [7, 11) is 0. The van der Waals surface area contributed by atoms with Crippen LogP contribution in [0.25, 0.3) is 10.9 Å². The van der Waals surface area contributed by atoms with E-state index in [4.69, 9.17) is 16.1 Å². The van der Waals surface area contributed by atoms with Gasteiger partial charge < -0.3 is 15.5 Å². The van der Waals surface area contributed by atoms with Gasteiger partial charge in [-0.25, -0.2) is 4.98 Å². The molecule has 1 heterocycles. The number of guanidine groups is 1. The molecule has 0 saturated heterocycles. The molecule has 0 spiro atoms. The number of fused-ring (bicyclic) bond motifs is 1. The van der Waals surface area contributed by atoms with Crippen LogP contribution in [0.3, 0.4) is 0 Å². The van der Waals surface area contributed by atoms with Crippen LogP contribution in [-0.4, -0.2) is 35.5 Å². The number of benzene rings is 1. The maximum Gasteiger partial charge on any atom is 0.188 e. The molecule has 0 aliphatic heterocycles. The first-order valence-electron chi connectivity index (χ1n) is 10.1. The number of hydrogen-bond donors (Lipinski definition) is 2. The summed E-state index contributed by atoms with van der Waals surface area (Å²) in [6.45, 7) is 12.1. The zero-order valence-corrected chi connectivity index (χ0v) is 17.1. The van der Waals surface area contributed by atoms with E-state index in [-0.39, 0.29) is 5.96 Å². The van der Waals surface area contributed by atoms with Crippen LogP contribution >= 0.6 is 0 Å². The fourth-order valence-corrected chi connectivity index (χ4v) is 3.64. The molecule has 3 rings (SSSR count). The summed E-state index contributed by atoms with van der Waals surface area (Å²) in [5.74, 6) is 2.55. The Kier molecular flexibility index (Phi) is 5.88. The highest BCUT2D eigenvalue weighted by atomic mass is 15.2. The minimum Gasteiger partial charge on any atom is -0.370 e. The number of para-hydroxylation sites is 1. The fourth-order valence-electron chi connectivity index (χ4n) is 3.64. The molecule has 1 aromatic heterocycles. The van der Waals surface area contributed by atoms with Gasteiger partial charge in [0.1, 0.15) is 5.82 Å². The molecule has 146 valence electrons. The Morgan fingerprint density at radius 1 is 1.33 bits per heavy atom. The van der Waals surface area contributed by atoms with Crippen LogP contribution < -0.4 is 10.6 Å². The van der Waals surface area contributed by atoms with Gasteiger partial charge in [-0.15, -0.1) is 0 Å². The van der Waals surface area contributed by atoms with Gasteiger partial charge in [0.2, 0.25) is 0 Å². The van der Waals surface area contributed by atoms with Gasteiger partial charge in [-0.05, 0) is 50.2 Å². The van der Waals surface area contributed by atoms with Crippen molar-refractivity contribution in [2.45, 2.75) is 47.1 Å². The van der Waals surface area contributed by atoms with Crippen LogP contribution in [0, 0.1) is 24.2 Å². The predicted octanol–water partition coefficient (Wildman–Crippen LogP) is 4.13. The Labute approximate surface area is 163 Å². The standard InChI is InChI=1S/C22H33N5/c1-5-26(22(23)24)14-19-11-18-8-6-7-16(4)20(18)25-21(19)27(12-15(2)3)13-17-9-10-17/h6-8,11,15,17H,5,9-10,12-14H2,1-4H3,(H3,23,24). The summed E-state index contributed by atoms with van der Waals surface area (Å²) >= 11 is 0. The third-order valence-electron chi connectivity index (χ3n) is 5.25. The second-order valence-electron chi connectivity index (χ2n) is 8.26. The molecule has 3 N–H and O–H groups in total. The van der Waals surface area contributed by atoms with Gasteiger partial charge in [-0.3, -0.25) is 5.41 Å². The van der Waals surface area contributed by atoms with Crippen LogP contribution in [0.4, 0.5) is 5.82 Å². The van der Waals surface area contributed by atoms with Crippen molar-refractivity contribution < 1.29 is 0 Å². The Morgan fingerprint density at radius 2 is 2.07 bits per heavy atom. The molecule has 0 amide bonds. The SMILES string of the molecule is CCN(Cc1cc2cccc(C)c2nc1N(CC(C)C)CC1CC1)C(=N)N. The molecule has 0 bridgehead atoms. The molecule has 0 unspecified atom stereocenters. The Morgan fingerprint density at radius 3 is 2.67 bits per heavy atom. The lowest BCUT2D eigenvalue weighted by atomic mass is 10.1. The van der Waals surface area contributed by atoms with Gasteiger partial charge in [-0.1, -0.05) is 32.0 Å². The molecule has 1 aromatic carbocycles. The van der Waals surface area contributed by atoms with Crippen LogP contribution in [0.2, 0.25) is 0 Å². The lowest BCUT2D eigenvalue weighted by molar-refractivity contribution is 0.426. The normalized spacial score (nSPS) is 14.0. The smallest absolute Gasteiger partial charge is 0.188 e. The molecule has 1 fully saturated rings. The number of pyridine rings is 1. The molecule has 2 aromatic rings. The molecule has 5 heteroatoms. The molecule has 5 nitrogen and oxygen atoms in total. The van der Waals surface area contributed by atoms with Crippen molar-refractivity contribution in [2.75, 3.05) is 24.5 Å². The number of hydrogen-bond acceptors (Lipinski definition) is 3. The fraction of sp³-hybridized carbons (Fsp3) is 0.545. The van der Waals surface area contributed by atoms with E-state index in [1.807, 2.05) is 11.8 Å². The largest absolute Gasteiger partial charge is 0.370 e. The monoisotopic (exact) mass is 367 g/mol. The third kappa shape index (κ3) is 4.71. The van der Waals surface area contributed by atoms with E-state index in [9.17, 15) is 0 Å². The van der Waals surface area contributed by atoms with Crippen LogP contribution in [0.5, 0.6) is 0 Å². The van der Waals surface area contributed by atoms with Gasteiger partial charge in [0.05, 0.1) is 5.52 Å². The molecular weight excluding hydrogens is 334 g/mol. The molecular formula is C22H33N5. The summed E-state index contributed by atoms with van der Waals surface area (Å²) < 4.78 is 0. The number of rotatable bonds is 8. The van der Waals surface area contributed by atoms with E-state index in [0.717, 1.165) is 41.3 Å². The molecule has 1 saturated carbocycles. The predicted molar refractivity (Wildman–Crippen MR) is 114 cm³/mol. The highest BCUT2D eigenvalue weighted by molar-refractivity contribution is 5.85. The minimum absolute atomic E-state index is 0.116. The number of aromatic nitrogens is 1. The first-order chi connectivity index (χ1) is 12.9. The van der Waals surface area contributed by atoms with Crippen LogP contribution in [0.15, 0.2) is 24.3 Å². The Bertz CT molecular complexity index is 806. The molecule has 0 atom stereocenters. The van der Waals surface area contributed by atoms with Gasteiger partial charge in [0.15, 0.2) is 5.96 Å². The highest BCUT2D eigenvalue weighted by Crippen LogP contribution is 2.34. The van der Waals surface area contributed by atoms with E-state index in [1.54, 1.807) is 0 Å². The molecule has 1 aliphatic rings. The zero-order valence-electron chi connectivity index (χ0n) is 17.1. The zero-order chi connectivity index (χ0) is 19.6. The van der Waals surface area contributed by atoms with Crippen LogP contribution in [0.1, 0.15) is 44.7 Å². The first-order valence-corrected chi connectivity index (χ1v) is 10.1. The average Bonchev–Trinajstić information content (AvgIpc) is 3.42. The van der Waals surface area contributed by atoms with E-state index >= 15 is 0 Å². The quantitative estimate of drug-likeness (QED) is 0.544.